The maximum atomic E-state index is 13.1. The molecule has 1 aromatic rings. The summed E-state index contributed by atoms with van der Waals surface area (Å²) in [6.07, 6.45) is 0. The molecule has 4 N–H and O–H groups in total. The first-order chi connectivity index (χ1) is 9.47. The first-order valence-electron chi connectivity index (χ1n) is 6.34. The van der Waals surface area contributed by atoms with Gasteiger partial charge in [0.25, 0.3) is 0 Å². The maximum absolute atomic E-state index is 13.1. The van der Waals surface area contributed by atoms with Crippen LogP contribution in [0.5, 0.6) is 0 Å². The molecule has 1 fully saturated rings. The van der Waals surface area contributed by atoms with Crippen LogP contribution in [-0.4, -0.2) is 42.4 Å². The van der Waals surface area contributed by atoms with Crippen LogP contribution in [0.25, 0.3) is 0 Å². The van der Waals surface area contributed by atoms with Crippen LogP contribution in [0.1, 0.15) is 6.92 Å². The number of amides is 2. The summed E-state index contributed by atoms with van der Waals surface area (Å²) < 4.78 is 13.1. The molecule has 0 bridgehead atoms. The molecule has 1 aliphatic heterocycles. The molecule has 0 aliphatic carbocycles. The van der Waals surface area contributed by atoms with Gasteiger partial charge in [0.15, 0.2) is 0 Å². The molecule has 1 aromatic carbocycles. The number of nitrogen functional groups attached to an aromatic ring is 1. The van der Waals surface area contributed by atoms with Crippen LogP contribution in [0, 0.1) is 5.82 Å². The lowest BCUT2D eigenvalue weighted by atomic mass is 10.2. The zero-order chi connectivity index (χ0) is 14.7. The number of hydrogen-bond acceptors (Lipinski definition) is 4. The molecule has 108 valence electrons. The van der Waals surface area contributed by atoms with Gasteiger partial charge in [0.1, 0.15) is 5.82 Å². The van der Waals surface area contributed by atoms with Gasteiger partial charge in [-0.3, -0.25) is 14.5 Å². The van der Waals surface area contributed by atoms with Gasteiger partial charge >= 0.3 is 0 Å². The fourth-order valence-electron chi connectivity index (χ4n) is 2.06. The Hall–Kier alpha value is -2.15. The molecular weight excluding hydrogens is 263 g/mol. The van der Waals surface area contributed by atoms with Gasteiger partial charge in [-0.2, -0.15) is 0 Å². The van der Waals surface area contributed by atoms with Crippen LogP contribution in [0.3, 0.4) is 0 Å². The van der Waals surface area contributed by atoms with Gasteiger partial charge < -0.3 is 16.4 Å². The molecule has 1 atom stereocenters. The summed E-state index contributed by atoms with van der Waals surface area (Å²) in [5.41, 5.74) is 6.20. The molecule has 0 radical (unpaired) electrons. The number of nitrogens with two attached hydrogens (primary N) is 1. The van der Waals surface area contributed by atoms with Crippen LogP contribution in [-0.2, 0) is 9.59 Å². The standard InChI is InChI=1S/C13H17FN4O2/c1-8-13(20)16-4-5-18(8)7-12(19)17-11-6-9(14)2-3-10(11)15/h2-3,6,8H,4-5,7,15H2,1H3,(H,16,20)(H,17,19). The van der Waals surface area contributed by atoms with Crippen molar-refractivity contribution in [1.82, 2.24) is 10.2 Å². The SMILES string of the molecule is CC1C(=O)NCCN1CC(=O)Nc1cc(F)ccc1N. The predicted octanol–water partition coefficient (Wildman–Crippen LogP) is 0.167. The zero-order valence-corrected chi connectivity index (χ0v) is 11.1. The molecule has 1 saturated heterocycles. The van der Waals surface area contributed by atoms with E-state index in [1.54, 1.807) is 11.8 Å². The third-order valence-corrected chi connectivity index (χ3v) is 3.26. The number of nitrogens with one attached hydrogen (secondary N) is 2. The topological polar surface area (TPSA) is 87.5 Å². The van der Waals surface area contributed by atoms with E-state index in [4.69, 9.17) is 5.73 Å². The quantitative estimate of drug-likeness (QED) is 0.689. The minimum atomic E-state index is -0.472. The van der Waals surface area contributed by atoms with Crippen molar-refractivity contribution in [2.45, 2.75) is 13.0 Å². The number of rotatable bonds is 3. The smallest absolute Gasteiger partial charge is 0.238 e. The van der Waals surface area contributed by atoms with Gasteiger partial charge in [0, 0.05) is 13.1 Å². The van der Waals surface area contributed by atoms with Crippen LogP contribution in [0.4, 0.5) is 15.8 Å². The second kappa shape index (κ2) is 5.87. The van der Waals surface area contributed by atoms with Crippen molar-refractivity contribution in [2.24, 2.45) is 0 Å². The Morgan fingerprint density at radius 2 is 2.35 bits per heavy atom. The van der Waals surface area contributed by atoms with Gasteiger partial charge in [-0.15, -0.1) is 0 Å². The van der Waals surface area contributed by atoms with E-state index in [9.17, 15) is 14.0 Å². The van der Waals surface area contributed by atoms with Crippen molar-refractivity contribution in [2.75, 3.05) is 30.7 Å². The Kier molecular flexibility index (Phi) is 4.19. The third-order valence-electron chi connectivity index (χ3n) is 3.26. The second-order valence-corrected chi connectivity index (χ2v) is 4.72. The van der Waals surface area contributed by atoms with E-state index in [0.717, 1.165) is 0 Å². The molecule has 1 aliphatic rings. The molecule has 0 aromatic heterocycles. The molecule has 1 unspecified atom stereocenters. The molecule has 2 rings (SSSR count). The van der Waals surface area contributed by atoms with Crippen molar-refractivity contribution in [3.05, 3.63) is 24.0 Å². The van der Waals surface area contributed by atoms with Gasteiger partial charge in [0.05, 0.1) is 24.0 Å². The molecule has 20 heavy (non-hydrogen) atoms. The van der Waals surface area contributed by atoms with Gasteiger partial charge in [-0.25, -0.2) is 4.39 Å². The van der Waals surface area contributed by atoms with E-state index >= 15 is 0 Å². The summed E-state index contributed by atoms with van der Waals surface area (Å²) in [5, 5.41) is 5.28. The minimum absolute atomic E-state index is 0.0601. The Balaban J connectivity index is 1.98. The maximum Gasteiger partial charge on any atom is 0.238 e. The van der Waals surface area contributed by atoms with Crippen LogP contribution in [0.2, 0.25) is 0 Å². The predicted molar refractivity (Wildman–Crippen MR) is 73.5 cm³/mol. The summed E-state index contributed by atoms with van der Waals surface area (Å²) in [6.45, 7) is 2.90. The third kappa shape index (κ3) is 3.24. The summed E-state index contributed by atoms with van der Waals surface area (Å²) in [6, 6.07) is 3.42. The highest BCUT2D eigenvalue weighted by Gasteiger charge is 2.26. The molecule has 0 spiro atoms. The Labute approximate surface area is 116 Å². The Bertz CT molecular complexity index is 535. The van der Waals surface area contributed by atoms with E-state index in [2.05, 4.69) is 10.6 Å². The highest BCUT2D eigenvalue weighted by Crippen LogP contribution is 2.19. The number of benzene rings is 1. The second-order valence-electron chi connectivity index (χ2n) is 4.72. The van der Waals surface area contributed by atoms with E-state index in [-0.39, 0.29) is 30.1 Å². The van der Waals surface area contributed by atoms with Crippen molar-refractivity contribution in [1.29, 1.82) is 0 Å². The van der Waals surface area contributed by atoms with Gasteiger partial charge in [-0.1, -0.05) is 0 Å². The minimum Gasteiger partial charge on any atom is -0.397 e. The lowest BCUT2D eigenvalue weighted by Crippen LogP contribution is -2.55. The number of carbonyl (C=O) groups is 2. The zero-order valence-electron chi connectivity index (χ0n) is 11.1. The van der Waals surface area contributed by atoms with Crippen molar-refractivity contribution in [3.63, 3.8) is 0 Å². The number of carbonyl (C=O) groups excluding carboxylic acids is 2. The molecule has 7 heteroatoms. The normalized spacial score (nSPS) is 19.5. The fraction of sp³-hybridized carbons (Fsp3) is 0.385. The number of piperazine rings is 1. The lowest BCUT2D eigenvalue weighted by molar-refractivity contribution is -0.129. The van der Waals surface area contributed by atoms with Crippen LogP contribution >= 0.6 is 0 Å². The molecule has 6 nitrogen and oxygen atoms in total. The molecular formula is C13H17FN4O2. The Morgan fingerprint density at radius 3 is 3.10 bits per heavy atom. The van der Waals surface area contributed by atoms with Crippen LogP contribution in [0.15, 0.2) is 18.2 Å². The highest BCUT2D eigenvalue weighted by atomic mass is 19.1. The van der Waals surface area contributed by atoms with Crippen molar-refractivity contribution >= 4 is 23.2 Å². The van der Waals surface area contributed by atoms with E-state index < -0.39 is 5.82 Å². The van der Waals surface area contributed by atoms with E-state index in [0.29, 0.717) is 18.8 Å². The Morgan fingerprint density at radius 1 is 1.60 bits per heavy atom. The number of nitrogens with zero attached hydrogens (tertiary/aromatic N) is 1. The molecule has 1 heterocycles. The number of halogens is 1. The first kappa shape index (κ1) is 14.3. The number of hydrogen-bond donors (Lipinski definition) is 3. The average molecular weight is 280 g/mol. The lowest BCUT2D eigenvalue weighted by Gasteiger charge is -2.32. The van der Waals surface area contributed by atoms with Crippen molar-refractivity contribution in [3.8, 4) is 0 Å². The summed E-state index contributed by atoms with van der Waals surface area (Å²) >= 11 is 0. The average Bonchev–Trinajstić information content (AvgIpc) is 2.39. The molecule has 2 amide bonds. The fourth-order valence-corrected chi connectivity index (χ4v) is 2.06. The monoisotopic (exact) mass is 280 g/mol. The van der Waals surface area contributed by atoms with Gasteiger partial charge in [-0.05, 0) is 25.1 Å². The van der Waals surface area contributed by atoms with Crippen LogP contribution < -0.4 is 16.4 Å². The van der Waals surface area contributed by atoms with Gasteiger partial charge in [0.2, 0.25) is 11.8 Å². The van der Waals surface area contributed by atoms with Crippen molar-refractivity contribution < 1.29 is 14.0 Å². The number of anilines is 2. The summed E-state index contributed by atoms with van der Waals surface area (Å²) in [7, 11) is 0. The summed E-state index contributed by atoms with van der Waals surface area (Å²) in [4.78, 5) is 25.2. The molecule has 0 saturated carbocycles. The first-order valence-corrected chi connectivity index (χ1v) is 6.34. The summed E-state index contributed by atoms with van der Waals surface area (Å²) in [5.74, 6) is -0.904. The highest BCUT2D eigenvalue weighted by molar-refractivity contribution is 5.95. The van der Waals surface area contributed by atoms with E-state index in [1.807, 2.05) is 0 Å². The van der Waals surface area contributed by atoms with E-state index in [1.165, 1.54) is 18.2 Å². The largest absolute Gasteiger partial charge is 0.397 e.